The summed E-state index contributed by atoms with van der Waals surface area (Å²) in [5, 5.41) is 2.30. The zero-order valence-corrected chi connectivity index (χ0v) is 21.9. The first-order valence-corrected chi connectivity index (χ1v) is 13.2. The largest absolute Gasteiger partial charge is 0.493 e. The monoisotopic (exact) mass is 516 g/mol. The van der Waals surface area contributed by atoms with Crippen LogP contribution >= 0.6 is 0 Å². The van der Waals surface area contributed by atoms with Gasteiger partial charge in [0.15, 0.2) is 11.5 Å². The Labute approximate surface area is 221 Å². The number of imide groups is 2. The number of carbonyl (C=O) groups excluding carboxylic acids is 3. The van der Waals surface area contributed by atoms with E-state index >= 15 is 0 Å². The lowest BCUT2D eigenvalue weighted by Gasteiger charge is -2.57. The Hall–Kier alpha value is -3.81. The van der Waals surface area contributed by atoms with Gasteiger partial charge in [-0.15, -0.1) is 0 Å². The van der Waals surface area contributed by atoms with Crippen molar-refractivity contribution in [3.63, 3.8) is 0 Å². The zero-order valence-electron chi connectivity index (χ0n) is 21.9. The maximum absolute atomic E-state index is 13.5. The summed E-state index contributed by atoms with van der Waals surface area (Å²) in [4.78, 5) is 40.0. The van der Waals surface area contributed by atoms with Crippen LogP contribution in [0.5, 0.6) is 17.2 Å². The van der Waals surface area contributed by atoms with Crippen molar-refractivity contribution in [1.82, 2.24) is 5.32 Å². The lowest BCUT2D eigenvalue weighted by molar-refractivity contribution is -0.122. The summed E-state index contributed by atoms with van der Waals surface area (Å²) < 4.78 is 16.1. The summed E-state index contributed by atoms with van der Waals surface area (Å²) in [5.74, 6) is 2.20. The van der Waals surface area contributed by atoms with Gasteiger partial charge >= 0.3 is 6.03 Å². The maximum atomic E-state index is 13.5. The molecule has 0 aromatic heterocycles. The number of benzene rings is 2. The number of ether oxygens (including phenoxy) is 3. The fourth-order valence-corrected chi connectivity index (χ4v) is 7.67. The van der Waals surface area contributed by atoms with Crippen molar-refractivity contribution in [1.29, 1.82) is 0 Å². The van der Waals surface area contributed by atoms with E-state index in [4.69, 9.17) is 14.2 Å². The molecular formula is C30H32N2O6. The van der Waals surface area contributed by atoms with E-state index < -0.39 is 17.8 Å². The third-order valence-electron chi connectivity index (χ3n) is 8.88. The van der Waals surface area contributed by atoms with Crippen molar-refractivity contribution in [2.24, 2.45) is 17.8 Å². The summed E-state index contributed by atoms with van der Waals surface area (Å²) in [6.45, 7) is 0. The van der Waals surface area contributed by atoms with Gasteiger partial charge in [-0.05, 0) is 103 Å². The highest BCUT2D eigenvalue weighted by Gasteiger charge is 2.51. The lowest BCUT2D eigenvalue weighted by Crippen LogP contribution is -2.54. The van der Waals surface area contributed by atoms with Gasteiger partial charge in [-0.1, -0.05) is 12.1 Å². The average molecular weight is 517 g/mol. The molecule has 0 unspecified atom stereocenters. The minimum Gasteiger partial charge on any atom is -0.493 e. The van der Waals surface area contributed by atoms with Gasteiger partial charge in [0.1, 0.15) is 5.57 Å². The van der Waals surface area contributed by atoms with Crippen LogP contribution in [0.1, 0.15) is 49.7 Å². The van der Waals surface area contributed by atoms with E-state index in [0.29, 0.717) is 28.5 Å². The van der Waals surface area contributed by atoms with Crippen molar-refractivity contribution in [2.45, 2.75) is 43.9 Å². The predicted octanol–water partition coefficient (Wildman–Crippen LogP) is 4.85. The van der Waals surface area contributed by atoms with Crippen LogP contribution in [-0.2, 0) is 15.0 Å². The molecule has 0 atom stereocenters. The van der Waals surface area contributed by atoms with E-state index in [-0.39, 0.29) is 11.0 Å². The molecule has 4 aliphatic carbocycles. The highest BCUT2D eigenvalue weighted by atomic mass is 16.5. The third-order valence-corrected chi connectivity index (χ3v) is 8.88. The molecule has 4 bridgehead atoms. The van der Waals surface area contributed by atoms with Gasteiger partial charge in [0.25, 0.3) is 11.8 Å². The van der Waals surface area contributed by atoms with Crippen LogP contribution in [0, 0.1) is 17.8 Å². The van der Waals surface area contributed by atoms with Crippen LogP contribution in [0.25, 0.3) is 6.08 Å². The van der Waals surface area contributed by atoms with Crippen LogP contribution in [-0.4, -0.2) is 39.2 Å². The van der Waals surface area contributed by atoms with Gasteiger partial charge in [-0.3, -0.25) is 14.9 Å². The molecule has 1 heterocycles. The molecule has 4 saturated carbocycles. The number of methoxy groups -OCH3 is 3. The third kappa shape index (κ3) is 3.94. The smallest absolute Gasteiger partial charge is 0.335 e. The highest BCUT2D eigenvalue weighted by Crippen LogP contribution is 2.60. The van der Waals surface area contributed by atoms with Crippen LogP contribution in [0.3, 0.4) is 0 Å². The van der Waals surface area contributed by atoms with E-state index in [1.165, 1.54) is 71.5 Å². The van der Waals surface area contributed by atoms with Gasteiger partial charge in [0.05, 0.1) is 27.0 Å². The number of carbonyl (C=O) groups is 3. The summed E-state index contributed by atoms with van der Waals surface area (Å²) in [6.07, 6.45) is 9.23. The van der Waals surface area contributed by atoms with Crippen LogP contribution in [0.2, 0.25) is 0 Å². The fourth-order valence-electron chi connectivity index (χ4n) is 7.67. The molecule has 1 saturated heterocycles. The number of urea groups is 1. The number of anilines is 1. The second-order valence-electron chi connectivity index (χ2n) is 11.2. The number of hydrogen-bond acceptors (Lipinski definition) is 6. The molecule has 38 heavy (non-hydrogen) atoms. The molecule has 2 aromatic carbocycles. The fraction of sp³-hybridized carbons (Fsp3) is 0.433. The number of barbiturate groups is 1. The van der Waals surface area contributed by atoms with Crippen molar-refractivity contribution in [2.75, 3.05) is 26.2 Å². The molecule has 8 nitrogen and oxygen atoms in total. The molecule has 7 rings (SSSR count). The zero-order chi connectivity index (χ0) is 26.6. The molecule has 1 aliphatic heterocycles. The average Bonchev–Trinajstić information content (AvgIpc) is 2.90. The summed E-state index contributed by atoms with van der Waals surface area (Å²) in [5.41, 5.74) is 2.28. The predicted molar refractivity (Wildman–Crippen MR) is 141 cm³/mol. The van der Waals surface area contributed by atoms with Crippen LogP contribution in [0.4, 0.5) is 10.5 Å². The Morgan fingerprint density at radius 2 is 1.39 bits per heavy atom. The Bertz CT molecular complexity index is 1280. The summed E-state index contributed by atoms with van der Waals surface area (Å²) in [6, 6.07) is 10.3. The standard InChI is InChI=1S/C30H32N2O6/c1-36-24-12-17(13-25(37-2)26(24)38-3)11-23-27(33)31-29(35)32(28(23)34)22-6-4-21(5-7-22)30-14-18-8-19(15-30)10-20(9-18)16-30/h4-7,11-13,18-20H,8-10,14-16H2,1-3H3,(H,31,33,35)/b23-11+. The molecular weight excluding hydrogens is 484 g/mol. The van der Waals surface area contributed by atoms with Gasteiger partial charge in [-0.25, -0.2) is 9.69 Å². The number of nitrogens with zero attached hydrogens (tertiary/aromatic N) is 1. The Morgan fingerprint density at radius 1 is 0.842 bits per heavy atom. The summed E-state index contributed by atoms with van der Waals surface area (Å²) in [7, 11) is 4.47. The molecule has 0 spiro atoms. The van der Waals surface area contributed by atoms with Crippen molar-refractivity contribution in [3.8, 4) is 17.2 Å². The first kappa shape index (κ1) is 24.5. The molecule has 5 aliphatic rings. The van der Waals surface area contributed by atoms with E-state index in [1.807, 2.05) is 12.1 Å². The SMILES string of the molecule is COc1cc(/C=C2\C(=O)NC(=O)N(c3ccc(C45CC6CC(CC(C6)C4)C5)cc3)C2=O)cc(OC)c1OC. The van der Waals surface area contributed by atoms with E-state index in [9.17, 15) is 14.4 Å². The van der Waals surface area contributed by atoms with Gasteiger partial charge in [0, 0.05) is 0 Å². The first-order valence-electron chi connectivity index (χ1n) is 13.2. The van der Waals surface area contributed by atoms with Gasteiger partial charge in [0.2, 0.25) is 5.75 Å². The molecule has 8 heteroatoms. The molecule has 4 amide bonds. The molecule has 198 valence electrons. The van der Waals surface area contributed by atoms with E-state index in [2.05, 4.69) is 17.4 Å². The Kier molecular flexibility index (Phi) is 5.93. The second kappa shape index (κ2) is 9.19. The van der Waals surface area contributed by atoms with Crippen molar-refractivity contribution in [3.05, 3.63) is 53.1 Å². The van der Waals surface area contributed by atoms with Crippen molar-refractivity contribution < 1.29 is 28.6 Å². The number of amides is 4. The Balaban J connectivity index is 1.30. The van der Waals surface area contributed by atoms with Gasteiger partial charge in [-0.2, -0.15) is 0 Å². The minimum atomic E-state index is -0.760. The number of rotatable bonds is 6. The van der Waals surface area contributed by atoms with E-state index in [1.54, 1.807) is 12.1 Å². The van der Waals surface area contributed by atoms with Crippen LogP contribution < -0.4 is 24.4 Å². The van der Waals surface area contributed by atoms with Crippen LogP contribution in [0.15, 0.2) is 42.0 Å². The van der Waals surface area contributed by atoms with Gasteiger partial charge < -0.3 is 14.2 Å². The normalized spacial score (nSPS) is 29.0. The Morgan fingerprint density at radius 3 is 1.89 bits per heavy atom. The number of hydrogen-bond donors (Lipinski definition) is 1. The molecule has 0 radical (unpaired) electrons. The second-order valence-corrected chi connectivity index (χ2v) is 11.2. The highest BCUT2D eigenvalue weighted by molar-refractivity contribution is 6.39. The molecule has 1 N–H and O–H groups in total. The topological polar surface area (TPSA) is 94.2 Å². The van der Waals surface area contributed by atoms with E-state index in [0.717, 1.165) is 22.7 Å². The molecule has 5 fully saturated rings. The first-order chi connectivity index (χ1) is 18.3. The maximum Gasteiger partial charge on any atom is 0.335 e. The number of nitrogens with one attached hydrogen (secondary N) is 1. The molecule has 2 aromatic rings. The lowest BCUT2D eigenvalue weighted by atomic mass is 9.48. The minimum absolute atomic E-state index is 0.163. The van der Waals surface area contributed by atoms with Crippen molar-refractivity contribution >= 4 is 29.6 Å². The summed E-state index contributed by atoms with van der Waals surface area (Å²) >= 11 is 0. The quantitative estimate of drug-likeness (QED) is 0.436.